The van der Waals surface area contributed by atoms with Gasteiger partial charge in [-0.05, 0) is 44.7 Å². The molecule has 3 aromatic rings. The van der Waals surface area contributed by atoms with Crippen LogP contribution in [-0.2, 0) is 9.53 Å². The number of rotatable bonds is 4. The third kappa shape index (κ3) is 4.31. The molecule has 2 amide bonds. The number of anilines is 1. The molecule has 9 heteroatoms. The molecular weight excluding hydrogens is 422 g/mol. The second-order valence-corrected chi connectivity index (χ2v) is 8.73. The molecule has 2 aliphatic heterocycles. The SMILES string of the molecule is CCOC(=O)N1CCC(NC(=O)[C@@H]2CCCN(c3ncnc4c3oc3ccccc34)C2)CC1. The van der Waals surface area contributed by atoms with Crippen molar-refractivity contribution in [3.05, 3.63) is 30.6 Å². The Morgan fingerprint density at radius 3 is 2.79 bits per heavy atom. The number of benzene rings is 1. The Labute approximate surface area is 192 Å². The molecule has 0 bridgehead atoms. The number of hydrogen-bond acceptors (Lipinski definition) is 7. The van der Waals surface area contributed by atoms with E-state index in [0.717, 1.165) is 54.5 Å². The van der Waals surface area contributed by atoms with Gasteiger partial charge in [0.15, 0.2) is 11.4 Å². The van der Waals surface area contributed by atoms with Gasteiger partial charge in [-0.3, -0.25) is 4.79 Å². The van der Waals surface area contributed by atoms with Crippen LogP contribution in [0.5, 0.6) is 0 Å². The van der Waals surface area contributed by atoms with E-state index in [-0.39, 0.29) is 24.0 Å². The molecule has 5 rings (SSSR count). The first-order chi connectivity index (χ1) is 16.1. The molecule has 2 saturated heterocycles. The lowest BCUT2D eigenvalue weighted by Crippen LogP contribution is -2.50. The number of aromatic nitrogens is 2. The Morgan fingerprint density at radius 2 is 1.97 bits per heavy atom. The Balaban J connectivity index is 1.24. The predicted octanol–water partition coefficient (Wildman–Crippen LogP) is 3.33. The first kappa shape index (κ1) is 21.5. The van der Waals surface area contributed by atoms with Crippen molar-refractivity contribution in [3.63, 3.8) is 0 Å². The second-order valence-electron chi connectivity index (χ2n) is 8.73. The highest BCUT2D eigenvalue weighted by Gasteiger charge is 2.31. The molecule has 1 aromatic carbocycles. The van der Waals surface area contributed by atoms with Gasteiger partial charge in [0.1, 0.15) is 17.4 Å². The number of amides is 2. The quantitative estimate of drug-likeness (QED) is 0.649. The topological polar surface area (TPSA) is 101 Å². The van der Waals surface area contributed by atoms with Gasteiger partial charge in [-0.1, -0.05) is 12.1 Å². The average Bonchev–Trinajstić information content (AvgIpc) is 3.23. The number of nitrogens with one attached hydrogen (secondary N) is 1. The van der Waals surface area contributed by atoms with Crippen molar-refractivity contribution in [3.8, 4) is 0 Å². The fourth-order valence-corrected chi connectivity index (χ4v) is 4.86. The molecular formula is C24H29N5O4. The van der Waals surface area contributed by atoms with Gasteiger partial charge in [-0.15, -0.1) is 0 Å². The summed E-state index contributed by atoms with van der Waals surface area (Å²) in [6, 6.07) is 7.92. The number of fused-ring (bicyclic) bond motifs is 3. The summed E-state index contributed by atoms with van der Waals surface area (Å²) in [7, 11) is 0. The summed E-state index contributed by atoms with van der Waals surface area (Å²) >= 11 is 0. The summed E-state index contributed by atoms with van der Waals surface area (Å²) < 4.78 is 11.2. The van der Waals surface area contributed by atoms with E-state index in [9.17, 15) is 9.59 Å². The van der Waals surface area contributed by atoms with Crippen molar-refractivity contribution < 1.29 is 18.7 Å². The molecule has 174 valence electrons. The van der Waals surface area contributed by atoms with E-state index in [2.05, 4.69) is 20.2 Å². The number of furan rings is 1. The van der Waals surface area contributed by atoms with Crippen LogP contribution in [0.4, 0.5) is 10.6 Å². The van der Waals surface area contributed by atoms with Gasteiger partial charge in [0.2, 0.25) is 5.91 Å². The summed E-state index contributed by atoms with van der Waals surface area (Å²) in [5.74, 6) is 0.705. The summed E-state index contributed by atoms with van der Waals surface area (Å²) in [5.41, 5.74) is 2.26. The molecule has 0 aliphatic carbocycles. The third-order valence-electron chi connectivity index (χ3n) is 6.60. The van der Waals surface area contributed by atoms with Gasteiger partial charge in [0.05, 0.1) is 12.5 Å². The van der Waals surface area contributed by atoms with Crippen LogP contribution in [0.1, 0.15) is 32.6 Å². The highest BCUT2D eigenvalue weighted by molar-refractivity contribution is 6.05. The van der Waals surface area contributed by atoms with Crippen molar-refractivity contribution >= 4 is 39.9 Å². The number of para-hydroxylation sites is 1. The molecule has 1 N–H and O–H groups in total. The zero-order valence-electron chi connectivity index (χ0n) is 18.8. The van der Waals surface area contributed by atoms with Crippen LogP contribution in [0, 0.1) is 5.92 Å². The molecule has 9 nitrogen and oxygen atoms in total. The van der Waals surface area contributed by atoms with E-state index in [4.69, 9.17) is 9.15 Å². The maximum absolute atomic E-state index is 13.1. The Bertz CT molecular complexity index is 1150. The van der Waals surface area contributed by atoms with Gasteiger partial charge in [0.25, 0.3) is 0 Å². The highest BCUT2D eigenvalue weighted by Crippen LogP contribution is 2.33. The number of carbonyl (C=O) groups is 2. The number of piperidine rings is 2. The van der Waals surface area contributed by atoms with E-state index >= 15 is 0 Å². The molecule has 0 radical (unpaired) electrons. The minimum atomic E-state index is -0.271. The normalized spacial score (nSPS) is 19.7. The number of likely N-dealkylation sites (tertiary alicyclic amines) is 1. The van der Waals surface area contributed by atoms with E-state index < -0.39 is 0 Å². The maximum atomic E-state index is 13.1. The molecule has 33 heavy (non-hydrogen) atoms. The predicted molar refractivity (Wildman–Crippen MR) is 124 cm³/mol. The molecule has 1 atom stereocenters. The number of ether oxygens (including phenoxy) is 1. The molecule has 2 aliphatic rings. The number of carbonyl (C=O) groups excluding carboxylic acids is 2. The summed E-state index contributed by atoms with van der Waals surface area (Å²) in [6.07, 6.45) is 4.54. The van der Waals surface area contributed by atoms with E-state index in [1.807, 2.05) is 24.3 Å². The van der Waals surface area contributed by atoms with Gasteiger partial charge in [0, 0.05) is 37.6 Å². The molecule has 2 aromatic heterocycles. The lowest BCUT2D eigenvalue weighted by molar-refractivity contribution is -0.126. The van der Waals surface area contributed by atoms with Crippen molar-refractivity contribution in [2.45, 2.75) is 38.6 Å². The Kier molecular flexibility index (Phi) is 6.02. The first-order valence-corrected chi connectivity index (χ1v) is 11.7. The zero-order chi connectivity index (χ0) is 22.8. The van der Waals surface area contributed by atoms with Crippen molar-refractivity contribution in [2.24, 2.45) is 5.92 Å². The summed E-state index contributed by atoms with van der Waals surface area (Å²) in [4.78, 5) is 37.8. The zero-order valence-corrected chi connectivity index (χ0v) is 18.8. The second kappa shape index (κ2) is 9.25. The van der Waals surface area contributed by atoms with Crippen LogP contribution in [0.3, 0.4) is 0 Å². The van der Waals surface area contributed by atoms with Gasteiger partial charge >= 0.3 is 6.09 Å². The Morgan fingerprint density at radius 1 is 1.15 bits per heavy atom. The molecule has 2 fully saturated rings. The van der Waals surface area contributed by atoms with Crippen LogP contribution < -0.4 is 10.2 Å². The minimum Gasteiger partial charge on any atom is -0.450 e. The van der Waals surface area contributed by atoms with Gasteiger partial charge in [-0.2, -0.15) is 0 Å². The first-order valence-electron chi connectivity index (χ1n) is 11.7. The van der Waals surface area contributed by atoms with Crippen LogP contribution >= 0.6 is 0 Å². The van der Waals surface area contributed by atoms with Gasteiger partial charge in [-0.25, -0.2) is 14.8 Å². The van der Waals surface area contributed by atoms with E-state index in [1.165, 1.54) is 0 Å². The lowest BCUT2D eigenvalue weighted by atomic mass is 9.95. The van der Waals surface area contributed by atoms with E-state index in [1.54, 1.807) is 18.2 Å². The maximum Gasteiger partial charge on any atom is 0.409 e. The summed E-state index contributed by atoms with van der Waals surface area (Å²) in [6.45, 7) is 4.80. The van der Waals surface area contributed by atoms with Gasteiger partial charge < -0.3 is 24.3 Å². The fraction of sp³-hybridized carbons (Fsp3) is 0.500. The smallest absolute Gasteiger partial charge is 0.409 e. The number of nitrogens with zero attached hydrogens (tertiary/aromatic N) is 4. The molecule has 0 spiro atoms. The van der Waals surface area contributed by atoms with Crippen LogP contribution in [-0.4, -0.2) is 65.7 Å². The van der Waals surface area contributed by atoms with Crippen LogP contribution in [0.15, 0.2) is 35.0 Å². The molecule has 4 heterocycles. The fourth-order valence-electron chi connectivity index (χ4n) is 4.86. The van der Waals surface area contributed by atoms with Crippen LogP contribution in [0.2, 0.25) is 0 Å². The van der Waals surface area contributed by atoms with Crippen molar-refractivity contribution in [2.75, 3.05) is 37.7 Å². The monoisotopic (exact) mass is 451 g/mol. The standard InChI is InChI=1S/C24H29N5O4/c1-2-32-24(31)28-12-9-17(10-13-28)27-23(30)16-6-5-11-29(14-16)22-21-20(25-15-26-22)18-7-3-4-8-19(18)33-21/h3-4,7-8,15-17H,2,5-6,9-14H2,1H3,(H,27,30)/t16-/m1/s1. The van der Waals surface area contributed by atoms with Crippen molar-refractivity contribution in [1.82, 2.24) is 20.2 Å². The molecule has 0 unspecified atom stereocenters. The van der Waals surface area contributed by atoms with E-state index in [0.29, 0.717) is 31.8 Å². The summed E-state index contributed by atoms with van der Waals surface area (Å²) in [5, 5.41) is 4.18. The molecule has 0 saturated carbocycles. The third-order valence-corrected chi connectivity index (χ3v) is 6.60. The minimum absolute atomic E-state index is 0.0733. The lowest BCUT2D eigenvalue weighted by Gasteiger charge is -2.35. The Hall–Kier alpha value is -3.36. The average molecular weight is 452 g/mol. The van der Waals surface area contributed by atoms with Crippen molar-refractivity contribution in [1.29, 1.82) is 0 Å². The largest absolute Gasteiger partial charge is 0.450 e. The van der Waals surface area contributed by atoms with Crippen LogP contribution in [0.25, 0.3) is 22.1 Å². The highest BCUT2D eigenvalue weighted by atomic mass is 16.6. The number of hydrogen-bond donors (Lipinski definition) is 1.